The quantitative estimate of drug-likeness (QED) is 0.753. The van der Waals surface area contributed by atoms with E-state index in [2.05, 4.69) is 10.6 Å². The second kappa shape index (κ2) is 7.22. The molecule has 0 unspecified atom stereocenters. The molecule has 2 aromatic carbocycles. The Morgan fingerprint density at radius 2 is 1.73 bits per heavy atom. The second-order valence-corrected chi connectivity index (χ2v) is 7.35. The van der Waals surface area contributed by atoms with E-state index in [-0.39, 0.29) is 10.9 Å². The Balaban J connectivity index is 1.62. The fourth-order valence-corrected chi connectivity index (χ4v) is 3.02. The van der Waals surface area contributed by atoms with Crippen molar-refractivity contribution in [2.45, 2.75) is 17.9 Å². The van der Waals surface area contributed by atoms with E-state index in [0.717, 1.165) is 5.56 Å². The highest BCUT2D eigenvalue weighted by molar-refractivity contribution is 7.89. The SMILES string of the molecule is C[C@H](NC(=O)Nc1ccc(S(N)(=O)=O)cc1)c1ccc2c(c1)OCCO2. The maximum Gasteiger partial charge on any atom is 0.319 e. The van der Waals surface area contributed by atoms with Crippen molar-refractivity contribution in [2.24, 2.45) is 5.14 Å². The van der Waals surface area contributed by atoms with Gasteiger partial charge in [-0.15, -0.1) is 0 Å². The first-order valence-electron chi connectivity index (χ1n) is 7.93. The number of amides is 2. The van der Waals surface area contributed by atoms with E-state index in [4.69, 9.17) is 14.6 Å². The molecule has 138 valence electrons. The van der Waals surface area contributed by atoms with E-state index in [1.165, 1.54) is 24.3 Å². The molecule has 8 nitrogen and oxygen atoms in total. The summed E-state index contributed by atoms with van der Waals surface area (Å²) < 4.78 is 33.5. The molecule has 2 aromatic rings. The first-order chi connectivity index (χ1) is 12.3. The van der Waals surface area contributed by atoms with Gasteiger partial charge in [0.2, 0.25) is 10.0 Å². The minimum absolute atomic E-state index is 0.0203. The molecule has 0 saturated carbocycles. The molecular formula is C17H19N3O5S. The van der Waals surface area contributed by atoms with Crippen molar-refractivity contribution in [3.63, 3.8) is 0 Å². The molecule has 3 rings (SSSR count). The standard InChI is InChI=1S/C17H19N3O5S/c1-11(12-2-7-15-16(10-12)25-9-8-24-15)19-17(21)20-13-3-5-14(6-4-13)26(18,22)23/h2-7,10-11H,8-9H2,1H3,(H2,18,22,23)(H2,19,20,21)/t11-/m0/s1. The van der Waals surface area contributed by atoms with Crippen LogP contribution in [0.2, 0.25) is 0 Å². The largest absolute Gasteiger partial charge is 0.486 e. The molecule has 0 radical (unpaired) electrons. The molecule has 0 saturated heterocycles. The van der Waals surface area contributed by atoms with Crippen LogP contribution in [0.4, 0.5) is 10.5 Å². The number of anilines is 1. The Kier molecular flexibility index (Phi) is 5.01. The number of ether oxygens (including phenoxy) is 2. The second-order valence-electron chi connectivity index (χ2n) is 5.79. The number of sulfonamides is 1. The minimum Gasteiger partial charge on any atom is -0.486 e. The normalized spacial score (nSPS) is 14.4. The summed E-state index contributed by atoms with van der Waals surface area (Å²) in [6.07, 6.45) is 0. The van der Waals surface area contributed by atoms with Gasteiger partial charge in [-0.1, -0.05) is 6.07 Å². The topological polar surface area (TPSA) is 120 Å². The number of fused-ring (bicyclic) bond motifs is 1. The van der Waals surface area contributed by atoms with Gasteiger partial charge >= 0.3 is 6.03 Å². The van der Waals surface area contributed by atoms with Gasteiger partial charge in [0.25, 0.3) is 0 Å². The zero-order valence-corrected chi connectivity index (χ0v) is 14.9. The Hall–Kier alpha value is -2.78. The van der Waals surface area contributed by atoms with Gasteiger partial charge in [-0.3, -0.25) is 0 Å². The lowest BCUT2D eigenvalue weighted by Gasteiger charge is -2.21. The smallest absolute Gasteiger partial charge is 0.319 e. The third-order valence-electron chi connectivity index (χ3n) is 3.85. The van der Waals surface area contributed by atoms with Gasteiger partial charge in [0, 0.05) is 5.69 Å². The van der Waals surface area contributed by atoms with Crippen LogP contribution in [-0.4, -0.2) is 27.7 Å². The molecule has 2 amide bonds. The number of hydrogen-bond acceptors (Lipinski definition) is 5. The van der Waals surface area contributed by atoms with Crippen LogP contribution in [-0.2, 0) is 10.0 Å². The van der Waals surface area contributed by atoms with Crippen molar-refractivity contribution in [3.8, 4) is 11.5 Å². The predicted molar refractivity (Wildman–Crippen MR) is 95.8 cm³/mol. The van der Waals surface area contributed by atoms with E-state index in [0.29, 0.717) is 30.4 Å². The number of hydrogen-bond donors (Lipinski definition) is 3. The van der Waals surface area contributed by atoms with Gasteiger partial charge in [-0.05, 0) is 48.9 Å². The lowest BCUT2D eigenvalue weighted by atomic mass is 10.1. The number of rotatable bonds is 4. The first kappa shape index (κ1) is 18.0. The first-order valence-corrected chi connectivity index (χ1v) is 9.47. The summed E-state index contributed by atoms with van der Waals surface area (Å²) in [5, 5.41) is 10.5. The third kappa shape index (κ3) is 4.24. The molecular weight excluding hydrogens is 358 g/mol. The van der Waals surface area contributed by atoms with Crippen LogP contribution in [0.1, 0.15) is 18.5 Å². The Morgan fingerprint density at radius 1 is 1.08 bits per heavy atom. The number of urea groups is 1. The summed E-state index contributed by atoms with van der Waals surface area (Å²) in [6.45, 7) is 2.86. The number of nitrogens with one attached hydrogen (secondary N) is 2. The highest BCUT2D eigenvalue weighted by atomic mass is 32.2. The lowest BCUT2D eigenvalue weighted by molar-refractivity contribution is 0.171. The van der Waals surface area contributed by atoms with Crippen LogP contribution in [0.15, 0.2) is 47.4 Å². The van der Waals surface area contributed by atoms with Crippen molar-refractivity contribution in [1.82, 2.24) is 5.32 Å². The Bertz CT molecular complexity index is 912. The van der Waals surface area contributed by atoms with Gasteiger partial charge in [-0.2, -0.15) is 0 Å². The monoisotopic (exact) mass is 377 g/mol. The van der Waals surface area contributed by atoms with Crippen molar-refractivity contribution >= 4 is 21.7 Å². The summed E-state index contributed by atoms with van der Waals surface area (Å²) >= 11 is 0. The van der Waals surface area contributed by atoms with Crippen LogP contribution in [0, 0.1) is 0 Å². The summed E-state index contributed by atoms with van der Waals surface area (Å²) in [4.78, 5) is 12.1. The molecule has 9 heteroatoms. The van der Waals surface area contributed by atoms with Crippen molar-refractivity contribution < 1.29 is 22.7 Å². The number of carbonyl (C=O) groups is 1. The fourth-order valence-electron chi connectivity index (χ4n) is 2.50. The lowest BCUT2D eigenvalue weighted by Crippen LogP contribution is -2.31. The van der Waals surface area contributed by atoms with E-state index in [9.17, 15) is 13.2 Å². The molecule has 26 heavy (non-hydrogen) atoms. The van der Waals surface area contributed by atoms with Crippen LogP contribution >= 0.6 is 0 Å². The van der Waals surface area contributed by atoms with E-state index >= 15 is 0 Å². The van der Waals surface area contributed by atoms with Gasteiger partial charge in [0.05, 0.1) is 10.9 Å². The number of carbonyl (C=O) groups excluding carboxylic acids is 1. The third-order valence-corrected chi connectivity index (χ3v) is 4.78. The molecule has 1 aliphatic heterocycles. The van der Waals surface area contributed by atoms with E-state index < -0.39 is 16.1 Å². The Morgan fingerprint density at radius 3 is 2.38 bits per heavy atom. The highest BCUT2D eigenvalue weighted by Gasteiger charge is 2.16. The van der Waals surface area contributed by atoms with Crippen LogP contribution < -0.4 is 25.2 Å². The molecule has 1 atom stereocenters. The zero-order chi connectivity index (χ0) is 18.7. The molecule has 1 heterocycles. The number of nitrogens with two attached hydrogens (primary N) is 1. The highest BCUT2D eigenvalue weighted by Crippen LogP contribution is 2.32. The maximum atomic E-state index is 12.1. The van der Waals surface area contributed by atoms with Gasteiger partial charge in [-0.25, -0.2) is 18.4 Å². The fraction of sp³-hybridized carbons (Fsp3) is 0.235. The molecule has 0 aliphatic carbocycles. The van der Waals surface area contributed by atoms with E-state index in [1.54, 1.807) is 0 Å². The molecule has 0 fully saturated rings. The summed E-state index contributed by atoms with van der Waals surface area (Å²) in [7, 11) is -3.76. The van der Waals surface area contributed by atoms with Crippen molar-refractivity contribution in [3.05, 3.63) is 48.0 Å². The summed E-state index contributed by atoms with van der Waals surface area (Å²) in [5.41, 5.74) is 1.32. The molecule has 0 bridgehead atoms. The van der Waals surface area contributed by atoms with Gasteiger partial charge in [0.1, 0.15) is 13.2 Å². The zero-order valence-electron chi connectivity index (χ0n) is 14.1. The van der Waals surface area contributed by atoms with Crippen LogP contribution in [0.5, 0.6) is 11.5 Å². The molecule has 0 aromatic heterocycles. The minimum atomic E-state index is -3.76. The van der Waals surface area contributed by atoms with E-state index in [1.807, 2.05) is 25.1 Å². The number of primary sulfonamides is 1. The average molecular weight is 377 g/mol. The maximum absolute atomic E-state index is 12.1. The van der Waals surface area contributed by atoms with Crippen molar-refractivity contribution in [1.29, 1.82) is 0 Å². The molecule has 4 N–H and O–H groups in total. The average Bonchev–Trinajstić information content (AvgIpc) is 2.61. The van der Waals surface area contributed by atoms with Crippen molar-refractivity contribution in [2.75, 3.05) is 18.5 Å². The van der Waals surface area contributed by atoms with Gasteiger partial charge in [0.15, 0.2) is 11.5 Å². The number of benzene rings is 2. The van der Waals surface area contributed by atoms with Gasteiger partial charge < -0.3 is 20.1 Å². The summed E-state index contributed by atoms with van der Waals surface area (Å²) in [6, 6.07) is 10.4. The molecule has 0 spiro atoms. The predicted octanol–water partition coefficient (Wildman–Crippen LogP) is 1.99. The Labute approximate surface area is 151 Å². The van der Waals surface area contributed by atoms with Crippen LogP contribution in [0.25, 0.3) is 0 Å². The summed E-state index contributed by atoms with van der Waals surface area (Å²) in [5.74, 6) is 1.34. The van der Waals surface area contributed by atoms with Crippen LogP contribution in [0.3, 0.4) is 0 Å². The molecule has 1 aliphatic rings.